The summed E-state index contributed by atoms with van der Waals surface area (Å²) >= 11 is 0. The van der Waals surface area contributed by atoms with E-state index in [2.05, 4.69) is 10.2 Å². The van der Waals surface area contributed by atoms with Gasteiger partial charge in [-0.15, -0.1) is 0 Å². The summed E-state index contributed by atoms with van der Waals surface area (Å²) in [5.74, 6) is -0.369. The Morgan fingerprint density at radius 2 is 2.32 bits per heavy atom. The van der Waals surface area contributed by atoms with Gasteiger partial charge >= 0.3 is 6.03 Å². The number of halogens is 1. The molecule has 0 radical (unpaired) electrons. The highest BCUT2D eigenvalue weighted by atomic mass is 19.1. The van der Waals surface area contributed by atoms with Gasteiger partial charge in [-0.1, -0.05) is 6.07 Å². The lowest BCUT2D eigenvalue weighted by Gasteiger charge is -2.39. The third-order valence-electron chi connectivity index (χ3n) is 3.29. The molecular formula is C13H19FN4O. The molecule has 6 heteroatoms. The third-order valence-corrected chi connectivity index (χ3v) is 3.29. The molecule has 1 unspecified atom stereocenters. The van der Waals surface area contributed by atoms with Crippen LogP contribution in [0.3, 0.4) is 0 Å². The molecule has 1 aromatic rings. The number of urea groups is 1. The molecule has 2 amide bonds. The SMILES string of the molecule is CN1CCN(C(=O)Nc2cccc(F)c2)C(CN)C1. The highest BCUT2D eigenvalue weighted by Gasteiger charge is 2.27. The van der Waals surface area contributed by atoms with Gasteiger partial charge in [0.25, 0.3) is 0 Å². The van der Waals surface area contributed by atoms with Crippen molar-refractivity contribution >= 4 is 11.7 Å². The minimum Gasteiger partial charge on any atom is -0.328 e. The Kier molecular flexibility index (Phi) is 4.34. The van der Waals surface area contributed by atoms with Crippen molar-refractivity contribution in [2.24, 2.45) is 5.73 Å². The number of hydrogen-bond acceptors (Lipinski definition) is 3. The molecule has 0 spiro atoms. The number of nitrogens with one attached hydrogen (secondary N) is 1. The molecule has 5 nitrogen and oxygen atoms in total. The van der Waals surface area contributed by atoms with E-state index in [4.69, 9.17) is 5.73 Å². The van der Waals surface area contributed by atoms with E-state index >= 15 is 0 Å². The number of benzene rings is 1. The van der Waals surface area contributed by atoms with Crippen LogP contribution in [0.5, 0.6) is 0 Å². The maximum Gasteiger partial charge on any atom is 0.322 e. The molecule has 1 fully saturated rings. The predicted molar refractivity (Wildman–Crippen MR) is 72.5 cm³/mol. The zero-order chi connectivity index (χ0) is 13.8. The number of likely N-dealkylation sites (N-methyl/N-ethyl adjacent to an activating group) is 1. The number of carbonyl (C=O) groups is 1. The van der Waals surface area contributed by atoms with E-state index in [1.165, 1.54) is 12.1 Å². The summed E-state index contributed by atoms with van der Waals surface area (Å²) in [4.78, 5) is 16.0. The summed E-state index contributed by atoms with van der Waals surface area (Å²) < 4.78 is 13.1. The predicted octanol–water partition coefficient (Wildman–Crippen LogP) is 0.932. The largest absolute Gasteiger partial charge is 0.328 e. The van der Waals surface area contributed by atoms with Crippen molar-refractivity contribution in [2.45, 2.75) is 6.04 Å². The maximum absolute atomic E-state index is 13.1. The lowest BCUT2D eigenvalue weighted by Crippen LogP contribution is -2.57. The van der Waals surface area contributed by atoms with Gasteiger partial charge in [0.15, 0.2) is 0 Å². The van der Waals surface area contributed by atoms with E-state index in [1.54, 1.807) is 17.0 Å². The van der Waals surface area contributed by atoms with Crippen molar-refractivity contribution < 1.29 is 9.18 Å². The normalized spacial score (nSPS) is 20.4. The van der Waals surface area contributed by atoms with E-state index in [-0.39, 0.29) is 17.9 Å². The topological polar surface area (TPSA) is 61.6 Å². The van der Waals surface area contributed by atoms with E-state index in [0.29, 0.717) is 18.8 Å². The Bertz CT molecular complexity index is 454. The van der Waals surface area contributed by atoms with E-state index < -0.39 is 0 Å². The Morgan fingerprint density at radius 3 is 3.00 bits per heavy atom. The standard InChI is InChI=1S/C13H19FN4O/c1-17-5-6-18(12(8-15)9-17)13(19)16-11-4-2-3-10(14)7-11/h2-4,7,12H,5-6,8-9,15H2,1H3,(H,16,19). The van der Waals surface area contributed by atoms with Crippen molar-refractivity contribution in [2.75, 3.05) is 38.5 Å². The van der Waals surface area contributed by atoms with Crippen LogP contribution in [-0.4, -0.2) is 55.1 Å². The van der Waals surface area contributed by atoms with E-state index in [1.807, 2.05) is 7.05 Å². The van der Waals surface area contributed by atoms with Gasteiger partial charge in [0, 0.05) is 31.9 Å². The van der Waals surface area contributed by atoms with Gasteiger partial charge in [0.1, 0.15) is 5.82 Å². The number of nitrogens with two attached hydrogens (primary N) is 1. The highest BCUT2D eigenvalue weighted by molar-refractivity contribution is 5.89. The fourth-order valence-corrected chi connectivity index (χ4v) is 2.24. The van der Waals surface area contributed by atoms with Gasteiger partial charge in [-0.05, 0) is 25.2 Å². The number of anilines is 1. The smallest absolute Gasteiger partial charge is 0.322 e. The molecule has 1 heterocycles. The monoisotopic (exact) mass is 266 g/mol. The summed E-state index contributed by atoms with van der Waals surface area (Å²) in [7, 11) is 2.00. The summed E-state index contributed by atoms with van der Waals surface area (Å²) in [5.41, 5.74) is 6.16. The zero-order valence-electron chi connectivity index (χ0n) is 11.0. The molecule has 1 aliphatic rings. The Balaban J connectivity index is 2.02. The van der Waals surface area contributed by atoms with E-state index in [9.17, 15) is 9.18 Å². The van der Waals surface area contributed by atoms with Crippen LogP contribution in [0.1, 0.15) is 0 Å². The molecule has 1 atom stereocenters. The molecule has 1 aliphatic heterocycles. The summed E-state index contributed by atoms with van der Waals surface area (Å²) in [6, 6.07) is 5.63. The Hall–Kier alpha value is -1.66. The molecule has 2 rings (SSSR count). The number of carbonyl (C=O) groups excluding carboxylic acids is 1. The number of hydrogen-bond donors (Lipinski definition) is 2. The van der Waals surface area contributed by atoms with Crippen molar-refractivity contribution in [3.8, 4) is 0 Å². The van der Waals surface area contributed by atoms with Crippen molar-refractivity contribution in [3.63, 3.8) is 0 Å². The highest BCUT2D eigenvalue weighted by Crippen LogP contribution is 2.13. The third kappa shape index (κ3) is 3.42. The second-order valence-electron chi connectivity index (χ2n) is 4.79. The quantitative estimate of drug-likeness (QED) is 0.837. The number of amides is 2. The fourth-order valence-electron chi connectivity index (χ4n) is 2.24. The minimum atomic E-state index is -0.369. The average Bonchev–Trinajstić information content (AvgIpc) is 2.38. The molecule has 1 saturated heterocycles. The second-order valence-corrected chi connectivity index (χ2v) is 4.79. The second kappa shape index (κ2) is 5.99. The summed E-state index contributed by atoms with van der Waals surface area (Å²) in [6.45, 7) is 2.61. The zero-order valence-corrected chi connectivity index (χ0v) is 11.0. The first-order valence-electron chi connectivity index (χ1n) is 6.32. The molecular weight excluding hydrogens is 247 g/mol. The lowest BCUT2D eigenvalue weighted by molar-refractivity contribution is 0.120. The average molecular weight is 266 g/mol. The van der Waals surface area contributed by atoms with Gasteiger partial charge in [0.2, 0.25) is 0 Å². The summed E-state index contributed by atoms with van der Waals surface area (Å²) in [5, 5.41) is 2.70. The van der Waals surface area contributed by atoms with Crippen LogP contribution in [0.2, 0.25) is 0 Å². The van der Waals surface area contributed by atoms with Crippen LogP contribution in [-0.2, 0) is 0 Å². The van der Waals surface area contributed by atoms with Crippen molar-refractivity contribution in [3.05, 3.63) is 30.1 Å². The summed E-state index contributed by atoms with van der Waals surface area (Å²) in [6.07, 6.45) is 0. The first kappa shape index (κ1) is 13.8. The van der Waals surface area contributed by atoms with Crippen LogP contribution < -0.4 is 11.1 Å². The molecule has 19 heavy (non-hydrogen) atoms. The molecule has 0 aliphatic carbocycles. The molecule has 0 saturated carbocycles. The number of piperazine rings is 1. The molecule has 0 aromatic heterocycles. The number of rotatable bonds is 2. The Labute approximate surface area is 112 Å². The molecule has 1 aromatic carbocycles. The van der Waals surface area contributed by atoms with E-state index in [0.717, 1.165) is 13.1 Å². The van der Waals surface area contributed by atoms with Crippen molar-refractivity contribution in [1.29, 1.82) is 0 Å². The van der Waals surface area contributed by atoms with Crippen LogP contribution in [0.25, 0.3) is 0 Å². The minimum absolute atomic E-state index is 0.00712. The molecule has 104 valence electrons. The van der Waals surface area contributed by atoms with Crippen molar-refractivity contribution in [1.82, 2.24) is 9.80 Å². The number of nitrogens with zero attached hydrogens (tertiary/aromatic N) is 2. The van der Waals surface area contributed by atoms with Crippen LogP contribution in [0, 0.1) is 5.82 Å². The van der Waals surface area contributed by atoms with Gasteiger partial charge in [-0.2, -0.15) is 0 Å². The van der Waals surface area contributed by atoms with Gasteiger partial charge in [0.05, 0.1) is 6.04 Å². The van der Waals surface area contributed by atoms with Gasteiger partial charge < -0.3 is 20.9 Å². The maximum atomic E-state index is 13.1. The van der Waals surface area contributed by atoms with Crippen LogP contribution in [0.15, 0.2) is 24.3 Å². The van der Waals surface area contributed by atoms with Gasteiger partial charge in [-0.3, -0.25) is 0 Å². The molecule has 3 N–H and O–H groups in total. The lowest BCUT2D eigenvalue weighted by atomic mass is 10.2. The van der Waals surface area contributed by atoms with Crippen LogP contribution in [0.4, 0.5) is 14.9 Å². The first-order chi connectivity index (χ1) is 9.10. The molecule has 0 bridgehead atoms. The van der Waals surface area contributed by atoms with Crippen LogP contribution >= 0.6 is 0 Å². The Morgan fingerprint density at radius 1 is 1.53 bits per heavy atom. The fraction of sp³-hybridized carbons (Fsp3) is 0.462. The van der Waals surface area contributed by atoms with Gasteiger partial charge in [-0.25, -0.2) is 9.18 Å². The first-order valence-corrected chi connectivity index (χ1v) is 6.32.